The maximum Gasteiger partial charge on any atom is 0.509 e. The second-order valence-corrected chi connectivity index (χ2v) is 2.77. The molecule has 0 amide bonds. The average Bonchev–Trinajstić information content (AvgIpc) is 1.99. The van der Waals surface area contributed by atoms with E-state index in [0.717, 1.165) is 0 Å². The molecule has 0 aromatic heterocycles. The van der Waals surface area contributed by atoms with Gasteiger partial charge in [0.15, 0.2) is 0 Å². The molecule has 0 aromatic carbocycles. The van der Waals surface area contributed by atoms with E-state index in [1.54, 1.807) is 0 Å². The Hall–Kier alpha value is -1.52. The van der Waals surface area contributed by atoms with E-state index in [2.05, 4.69) is 16.1 Å². The van der Waals surface area contributed by atoms with Gasteiger partial charge in [0, 0.05) is 0 Å². The van der Waals surface area contributed by atoms with Gasteiger partial charge in [0.2, 0.25) is 5.60 Å². The fraction of sp³-hybridized carbons (Fsp3) is 0.500. The minimum atomic E-state index is -1.57. The third-order valence-corrected chi connectivity index (χ3v) is 1.17. The van der Waals surface area contributed by atoms with Gasteiger partial charge in [-0.15, -0.1) is 0 Å². The topological polar surface area (TPSA) is 72.8 Å². The summed E-state index contributed by atoms with van der Waals surface area (Å²) in [5, 5.41) is 8.56. The number of carboxylic acids is 1. The van der Waals surface area contributed by atoms with Crippen LogP contribution in [-0.2, 0) is 14.3 Å². The lowest BCUT2D eigenvalue weighted by molar-refractivity contribution is -0.157. The van der Waals surface area contributed by atoms with E-state index in [4.69, 9.17) is 5.11 Å². The first-order valence-electron chi connectivity index (χ1n) is 3.60. The van der Waals surface area contributed by atoms with Crippen LogP contribution in [0.2, 0.25) is 0 Å². The van der Waals surface area contributed by atoms with Crippen molar-refractivity contribution in [2.45, 2.75) is 19.4 Å². The molecular weight excluding hydrogens is 176 g/mol. The molecule has 74 valence electrons. The van der Waals surface area contributed by atoms with Gasteiger partial charge in [-0.25, -0.2) is 9.59 Å². The highest BCUT2D eigenvalue weighted by atomic mass is 16.7. The van der Waals surface area contributed by atoms with Crippen molar-refractivity contribution >= 4 is 12.1 Å². The molecule has 0 bridgehead atoms. The summed E-state index contributed by atoms with van der Waals surface area (Å²) in [4.78, 5) is 21.2. The molecule has 0 heterocycles. The summed E-state index contributed by atoms with van der Waals surface area (Å²) < 4.78 is 8.93. The molecule has 0 aliphatic rings. The summed E-state index contributed by atoms with van der Waals surface area (Å²) in [7, 11) is 0. The van der Waals surface area contributed by atoms with Crippen molar-refractivity contribution in [3.05, 3.63) is 12.7 Å². The molecule has 5 heteroatoms. The molecule has 0 saturated carbocycles. The highest BCUT2D eigenvalue weighted by molar-refractivity contribution is 5.79. The molecule has 5 nitrogen and oxygen atoms in total. The second-order valence-electron chi connectivity index (χ2n) is 2.77. The SMILES string of the molecule is C=CCOC(=O)OC(C)(C)C(=O)O. The summed E-state index contributed by atoms with van der Waals surface area (Å²) in [6.07, 6.45) is 0.335. The molecule has 0 aliphatic carbocycles. The summed E-state index contributed by atoms with van der Waals surface area (Å²) >= 11 is 0. The quantitative estimate of drug-likeness (QED) is 0.530. The summed E-state index contributed by atoms with van der Waals surface area (Å²) in [5.74, 6) is -1.23. The Morgan fingerprint density at radius 1 is 1.54 bits per heavy atom. The predicted octanol–water partition coefficient (Wildman–Crippen LogP) is 1.19. The van der Waals surface area contributed by atoms with Gasteiger partial charge >= 0.3 is 12.1 Å². The van der Waals surface area contributed by atoms with Crippen molar-refractivity contribution in [1.29, 1.82) is 0 Å². The van der Waals surface area contributed by atoms with Crippen molar-refractivity contribution in [3.8, 4) is 0 Å². The molecule has 0 unspecified atom stereocenters. The predicted molar refractivity (Wildman–Crippen MR) is 44.3 cm³/mol. The minimum Gasteiger partial charge on any atom is -0.478 e. The number of aliphatic carboxylic acids is 1. The summed E-state index contributed by atoms with van der Waals surface area (Å²) in [6, 6.07) is 0. The number of hydrogen-bond donors (Lipinski definition) is 1. The Morgan fingerprint density at radius 2 is 2.08 bits per heavy atom. The number of carbonyl (C=O) groups is 2. The third-order valence-electron chi connectivity index (χ3n) is 1.17. The van der Waals surface area contributed by atoms with Crippen molar-refractivity contribution in [2.24, 2.45) is 0 Å². The number of rotatable bonds is 4. The number of carboxylic acid groups (broad SMARTS) is 1. The molecule has 1 N–H and O–H groups in total. The van der Waals surface area contributed by atoms with E-state index in [-0.39, 0.29) is 6.61 Å². The summed E-state index contributed by atoms with van der Waals surface area (Å²) in [6.45, 7) is 5.82. The van der Waals surface area contributed by atoms with Crippen molar-refractivity contribution in [3.63, 3.8) is 0 Å². The van der Waals surface area contributed by atoms with Crippen LogP contribution in [0.5, 0.6) is 0 Å². The van der Waals surface area contributed by atoms with Crippen LogP contribution in [0.25, 0.3) is 0 Å². The van der Waals surface area contributed by atoms with Crippen LogP contribution in [-0.4, -0.2) is 29.4 Å². The number of ether oxygens (including phenoxy) is 2. The Labute approximate surface area is 75.9 Å². The first-order chi connectivity index (χ1) is 5.90. The second kappa shape index (κ2) is 4.49. The van der Waals surface area contributed by atoms with Crippen molar-refractivity contribution < 1.29 is 24.2 Å². The van der Waals surface area contributed by atoms with E-state index in [1.165, 1.54) is 19.9 Å². The van der Waals surface area contributed by atoms with Crippen molar-refractivity contribution in [2.75, 3.05) is 6.61 Å². The van der Waals surface area contributed by atoms with Crippen LogP contribution >= 0.6 is 0 Å². The first kappa shape index (κ1) is 11.5. The fourth-order valence-corrected chi connectivity index (χ4v) is 0.408. The third kappa shape index (κ3) is 4.15. The van der Waals surface area contributed by atoms with Gasteiger partial charge in [0.25, 0.3) is 0 Å². The number of hydrogen-bond acceptors (Lipinski definition) is 4. The van der Waals surface area contributed by atoms with Gasteiger partial charge in [-0.05, 0) is 13.8 Å². The van der Waals surface area contributed by atoms with Gasteiger partial charge in [-0.1, -0.05) is 12.7 Å². The van der Waals surface area contributed by atoms with Gasteiger partial charge < -0.3 is 14.6 Å². The molecule has 0 spiro atoms. The molecular formula is C8H12O5. The number of carbonyl (C=O) groups excluding carboxylic acids is 1. The van der Waals surface area contributed by atoms with Crippen LogP contribution in [0.1, 0.15) is 13.8 Å². The Kier molecular flexibility index (Phi) is 3.97. The molecule has 0 aliphatic heterocycles. The zero-order valence-electron chi connectivity index (χ0n) is 7.57. The van der Waals surface area contributed by atoms with Crippen LogP contribution in [0.15, 0.2) is 12.7 Å². The van der Waals surface area contributed by atoms with Gasteiger partial charge in [-0.2, -0.15) is 0 Å². The molecule has 0 saturated heterocycles. The maximum atomic E-state index is 10.8. The van der Waals surface area contributed by atoms with E-state index < -0.39 is 17.7 Å². The smallest absolute Gasteiger partial charge is 0.478 e. The Balaban J connectivity index is 4.04. The Bertz CT molecular complexity index is 219. The molecule has 0 aromatic rings. The van der Waals surface area contributed by atoms with Gasteiger partial charge in [-0.3, -0.25) is 0 Å². The van der Waals surface area contributed by atoms with Crippen LogP contribution in [0.4, 0.5) is 4.79 Å². The lowest BCUT2D eigenvalue weighted by Crippen LogP contribution is -2.37. The van der Waals surface area contributed by atoms with Crippen LogP contribution in [0.3, 0.4) is 0 Å². The Morgan fingerprint density at radius 3 is 2.46 bits per heavy atom. The van der Waals surface area contributed by atoms with Crippen molar-refractivity contribution in [1.82, 2.24) is 0 Å². The highest BCUT2D eigenvalue weighted by Gasteiger charge is 2.32. The molecule has 0 rings (SSSR count). The zero-order chi connectivity index (χ0) is 10.5. The molecule has 0 atom stereocenters. The fourth-order valence-electron chi connectivity index (χ4n) is 0.408. The highest BCUT2D eigenvalue weighted by Crippen LogP contribution is 2.10. The zero-order valence-corrected chi connectivity index (χ0v) is 7.57. The lowest BCUT2D eigenvalue weighted by atomic mass is 10.1. The van der Waals surface area contributed by atoms with Crippen LogP contribution in [0, 0.1) is 0 Å². The monoisotopic (exact) mass is 188 g/mol. The van der Waals surface area contributed by atoms with E-state index >= 15 is 0 Å². The normalized spacial score (nSPS) is 10.3. The lowest BCUT2D eigenvalue weighted by Gasteiger charge is -2.18. The molecule has 0 fully saturated rings. The maximum absolute atomic E-state index is 10.8. The first-order valence-corrected chi connectivity index (χ1v) is 3.60. The molecule has 0 radical (unpaired) electrons. The van der Waals surface area contributed by atoms with E-state index in [0.29, 0.717) is 0 Å². The summed E-state index contributed by atoms with van der Waals surface area (Å²) in [5.41, 5.74) is -1.57. The van der Waals surface area contributed by atoms with Gasteiger partial charge in [0.1, 0.15) is 6.61 Å². The van der Waals surface area contributed by atoms with E-state index in [9.17, 15) is 9.59 Å². The average molecular weight is 188 g/mol. The minimum absolute atomic E-state index is 0.00542. The van der Waals surface area contributed by atoms with Gasteiger partial charge in [0.05, 0.1) is 0 Å². The standard InChI is InChI=1S/C8H12O5/c1-4-5-12-7(11)13-8(2,3)6(9)10/h4H,1,5H2,2-3H3,(H,9,10). The van der Waals surface area contributed by atoms with E-state index in [1.807, 2.05) is 0 Å². The molecule has 13 heavy (non-hydrogen) atoms. The van der Waals surface area contributed by atoms with Crippen LogP contribution < -0.4 is 0 Å². The largest absolute Gasteiger partial charge is 0.509 e.